The van der Waals surface area contributed by atoms with Crippen molar-refractivity contribution in [1.29, 1.82) is 0 Å². The SMILES string of the molecule is O=[N+]([O-])c1ccc(NCc2cnc(Cl)s2)c(O)c1. The average Bonchev–Trinajstić information content (AvgIpc) is 2.73. The summed E-state index contributed by atoms with van der Waals surface area (Å²) in [7, 11) is 0. The lowest BCUT2D eigenvalue weighted by Crippen LogP contribution is -1.98. The zero-order valence-electron chi connectivity index (χ0n) is 8.96. The number of nitro groups is 1. The third-order valence-electron chi connectivity index (χ3n) is 2.17. The van der Waals surface area contributed by atoms with Gasteiger partial charge < -0.3 is 10.4 Å². The predicted octanol–water partition coefficient (Wildman–Crippen LogP) is 3.02. The Bertz CT molecular complexity index is 587. The quantitative estimate of drug-likeness (QED) is 0.512. The van der Waals surface area contributed by atoms with E-state index in [4.69, 9.17) is 11.6 Å². The highest BCUT2D eigenvalue weighted by Gasteiger charge is 2.10. The minimum atomic E-state index is -0.563. The lowest BCUT2D eigenvalue weighted by molar-refractivity contribution is -0.384. The molecule has 2 N–H and O–H groups in total. The van der Waals surface area contributed by atoms with Crippen LogP contribution in [0.25, 0.3) is 0 Å². The van der Waals surface area contributed by atoms with Crippen LogP contribution in [0.3, 0.4) is 0 Å². The Balaban J connectivity index is 2.08. The smallest absolute Gasteiger partial charge is 0.273 e. The number of rotatable bonds is 4. The molecule has 0 atom stereocenters. The molecule has 0 unspecified atom stereocenters. The monoisotopic (exact) mass is 285 g/mol. The number of phenols is 1. The van der Waals surface area contributed by atoms with Crippen molar-refractivity contribution in [1.82, 2.24) is 4.98 Å². The number of phenolic OH excluding ortho intramolecular Hbond substituents is 1. The molecule has 1 aromatic carbocycles. The maximum Gasteiger partial charge on any atom is 0.273 e. The highest BCUT2D eigenvalue weighted by Crippen LogP contribution is 2.28. The largest absolute Gasteiger partial charge is 0.506 e. The van der Waals surface area contributed by atoms with E-state index < -0.39 is 4.92 Å². The maximum absolute atomic E-state index is 10.5. The van der Waals surface area contributed by atoms with E-state index in [-0.39, 0.29) is 11.4 Å². The van der Waals surface area contributed by atoms with Crippen molar-refractivity contribution in [2.75, 3.05) is 5.32 Å². The van der Waals surface area contributed by atoms with E-state index >= 15 is 0 Å². The molecular formula is C10H8ClN3O3S. The molecule has 0 spiro atoms. The molecule has 1 aromatic heterocycles. The van der Waals surface area contributed by atoms with Gasteiger partial charge in [-0.1, -0.05) is 11.6 Å². The van der Waals surface area contributed by atoms with E-state index in [1.807, 2.05) is 0 Å². The number of non-ortho nitro benzene ring substituents is 1. The molecule has 8 heteroatoms. The van der Waals surface area contributed by atoms with E-state index in [1.54, 1.807) is 6.20 Å². The number of nitrogens with zero attached hydrogens (tertiary/aromatic N) is 2. The molecule has 0 aliphatic carbocycles. The summed E-state index contributed by atoms with van der Waals surface area (Å²) < 4.78 is 0.444. The molecule has 0 saturated carbocycles. The molecular weight excluding hydrogens is 278 g/mol. The van der Waals surface area contributed by atoms with Gasteiger partial charge in [0.05, 0.1) is 23.2 Å². The van der Waals surface area contributed by atoms with E-state index in [0.29, 0.717) is 16.7 Å². The van der Waals surface area contributed by atoms with Crippen LogP contribution < -0.4 is 5.32 Å². The fourth-order valence-electron chi connectivity index (χ4n) is 1.33. The second kappa shape index (κ2) is 5.19. The van der Waals surface area contributed by atoms with E-state index in [1.165, 1.54) is 23.5 Å². The summed E-state index contributed by atoms with van der Waals surface area (Å²) in [5, 5.41) is 23.1. The van der Waals surface area contributed by atoms with Crippen LogP contribution in [0.5, 0.6) is 5.75 Å². The highest BCUT2D eigenvalue weighted by atomic mass is 35.5. The Morgan fingerprint density at radius 3 is 2.89 bits per heavy atom. The molecule has 0 amide bonds. The van der Waals surface area contributed by atoms with Crippen LogP contribution in [0.1, 0.15) is 4.88 Å². The highest BCUT2D eigenvalue weighted by molar-refractivity contribution is 7.15. The summed E-state index contributed by atoms with van der Waals surface area (Å²) in [6.07, 6.45) is 1.63. The number of thiazole rings is 1. The van der Waals surface area contributed by atoms with Crippen molar-refractivity contribution in [3.05, 3.63) is 43.9 Å². The first-order chi connectivity index (χ1) is 8.56. The molecule has 0 fully saturated rings. The standard InChI is InChI=1S/C10H8ClN3O3S/c11-10-13-5-7(18-10)4-12-8-2-1-6(14(16)17)3-9(8)15/h1-3,5,12,15H,4H2. The van der Waals surface area contributed by atoms with E-state index in [2.05, 4.69) is 10.3 Å². The molecule has 94 valence electrons. The number of hydrogen-bond donors (Lipinski definition) is 2. The molecule has 0 radical (unpaired) electrons. The van der Waals surface area contributed by atoms with Crippen molar-refractivity contribution < 1.29 is 10.0 Å². The zero-order chi connectivity index (χ0) is 13.1. The van der Waals surface area contributed by atoms with Crippen LogP contribution in [0.4, 0.5) is 11.4 Å². The molecule has 0 aliphatic heterocycles. The third kappa shape index (κ3) is 2.88. The van der Waals surface area contributed by atoms with Gasteiger partial charge in [-0.15, -0.1) is 11.3 Å². The first-order valence-corrected chi connectivity index (χ1v) is 6.07. The molecule has 2 aromatic rings. The fraction of sp³-hybridized carbons (Fsp3) is 0.100. The van der Waals surface area contributed by atoms with Crippen molar-refractivity contribution >= 4 is 34.3 Å². The number of hydrogen-bond acceptors (Lipinski definition) is 6. The minimum Gasteiger partial charge on any atom is -0.506 e. The number of aromatic hydroxyl groups is 1. The van der Waals surface area contributed by atoms with Crippen LogP contribution in [0.15, 0.2) is 24.4 Å². The normalized spacial score (nSPS) is 10.3. The van der Waals surface area contributed by atoms with Crippen LogP contribution in [0.2, 0.25) is 4.47 Å². The van der Waals surface area contributed by atoms with Gasteiger partial charge in [0.15, 0.2) is 4.47 Å². The Morgan fingerprint density at radius 2 is 2.33 bits per heavy atom. The van der Waals surface area contributed by atoms with Crippen molar-refractivity contribution in [3.8, 4) is 5.75 Å². The molecule has 6 nitrogen and oxygen atoms in total. The number of anilines is 1. The number of nitrogens with one attached hydrogen (secondary N) is 1. The maximum atomic E-state index is 10.5. The Hall–Kier alpha value is -1.86. The topological polar surface area (TPSA) is 88.3 Å². The molecule has 0 saturated heterocycles. The summed E-state index contributed by atoms with van der Waals surface area (Å²) in [6, 6.07) is 3.87. The molecule has 18 heavy (non-hydrogen) atoms. The van der Waals surface area contributed by atoms with Crippen LogP contribution in [0, 0.1) is 10.1 Å². The van der Waals surface area contributed by atoms with Crippen molar-refractivity contribution in [3.63, 3.8) is 0 Å². The fourth-order valence-corrected chi connectivity index (χ4v) is 2.25. The summed E-state index contributed by atoms with van der Waals surface area (Å²) in [5.74, 6) is -0.167. The van der Waals surface area contributed by atoms with Crippen molar-refractivity contribution in [2.45, 2.75) is 6.54 Å². The van der Waals surface area contributed by atoms with Crippen LogP contribution >= 0.6 is 22.9 Å². The lowest BCUT2D eigenvalue weighted by atomic mass is 10.2. The number of halogens is 1. The van der Waals surface area contributed by atoms with E-state index in [0.717, 1.165) is 10.9 Å². The molecule has 2 rings (SSSR count). The van der Waals surface area contributed by atoms with Gasteiger partial charge in [0.25, 0.3) is 5.69 Å². The van der Waals surface area contributed by atoms with Gasteiger partial charge in [-0.3, -0.25) is 10.1 Å². The Morgan fingerprint density at radius 1 is 1.56 bits per heavy atom. The molecule has 0 bridgehead atoms. The molecule has 0 aliphatic rings. The van der Waals surface area contributed by atoms with Gasteiger partial charge >= 0.3 is 0 Å². The van der Waals surface area contributed by atoms with Gasteiger partial charge in [-0.05, 0) is 6.07 Å². The summed E-state index contributed by atoms with van der Waals surface area (Å²) in [6.45, 7) is 0.440. The summed E-state index contributed by atoms with van der Waals surface area (Å²) >= 11 is 7.01. The first-order valence-electron chi connectivity index (χ1n) is 4.88. The van der Waals surface area contributed by atoms with Gasteiger partial charge in [-0.2, -0.15) is 0 Å². The van der Waals surface area contributed by atoms with Gasteiger partial charge in [-0.25, -0.2) is 4.98 Å². The molecule has 1 heterocycles. The first kappa shape index (κ1) is 12.6. The third-order valence-corrected chi connectivity index (χ3v) is 3.29. The lowest BCUT2D eigenvalue weighted by Gasteiger charge is -2.06. The van der Waals surface area contributed by atoms with Crippen LogP contribution in [-0.4, -0.2) is 15.0 Å². The van der Waals surface area contributed by atoms with Gasteiger partial charge in [0, 0.05) is 17.1 Å². The number of aromatic nitrogens is 1. The Kier molecular flexibility index (Phi) is 3.63. The number of nitro benzene ring substituents is 1. The van der Waals surface area contributed by atoms with Crippen molar-refractivity contribution in [2.24, 2.45) is 0 Å². The number of benzene rings is 1. The van der Waals surface area contributed by atoms with Crippen LogP contribution in [-0.2, 0) is 6.54 Å². The van der Waals surface area contributed by atoms with E-state index in [9.17, 15) is 15.2 Å². The second-order valence-electron chi connectivity index (χ2n) is 3.39. The van der Waals surface area contributed by atoms with Gasteiger partial charge in [0.1, 0.15) is 5.75 Å². The predicted molar refractivity (Wildman–Crippen MR) is 69.2 cm³/mol. The minimum absolute atomic E-state index is 0.154. The summed E-state index contributed by atoms with van der Waals surface area (Å²) in [4.78, 5) is 14.7. The Labute approximate surface area is 111 Å². The average molecular weight is 286 g/mol. The zero-order valence-corrected chi connectivity index (χ0v) is 10.5. The second-order valence-corrected chi connectivity index (χ2v) is 5.09. The summed E-state index contributed by atoms with van der Waals surface area (Å²) in [5.41, 5.74) is 0.268. The van der Waals surface area contributed by atoms with Gasteiger partial charge in [0.2, 0.25) is 0 Å².